The van der Waals surface area contributed by atoms with Crippen LogP contribution in [-0.4, -0.2) is 11.6 Å². The zero-order valence-electron chi connectivity index (χ0n) is 12.2. The molecule has 3 nitrogen and oxygen atoms in total. The molecule has 0 fully saturated rings. The molecule has 0 aliphatic heterocycles. The van der Waals surface area contributed by atoms with Crippen molar-refractivity contribution in [1.29, 1.82) is 0 Å². The molecule has 1 aromatic carbocycles. The molecule has 0 saturated carbocycles. The minimum atomic E-state index is 0.420. The van der Waals surface area contributed by atoms with E-state index in [4.69, 9.17) is 21.1 Å². The summed E-state index contributed by atoms with van der Waals surface area (Å²) in [6, 6.07) is 11.7. The lowest BCUT2D eigenvalue weighted by molar-refractivity contribution is 0.271. The monoisotopic (exact) mass is 303 g/mol. The van der Waals surface area contributed by atoms with E-state index in [0.717, 1.165) is 16.8 Å². The summed E-state index contributed by atoms with van der Waals surface area (Å²) >= 11 is 6.02. The molecule has 1 heterocycles. The van der Waals surface area contributed by atoms with Crippen molar-refractivity contribution in [2.24, 2.45) is 0 Å². The van der Waals surface area contributed by atoms with Gasteiger partial charge >= 0.3 is 0 Å². The van der Waals surface area contributed by atoms with Gasteiger partial charge in [0.25, 0.3) is 0 Å². The van der Waals surface area contributed by atoms with Crippen LogP contribution in [0.4, 0.5) is 0 Å². The summed E-state index contributed by atoms with van der Waals surface area (Å²) in [5.41, 5.74) is 2.79. The van der Waals surface area contributed by atoms with Gasteiger partial charge in [-0.3, -0.25) is 0 Å². The van der Waals surface area contributed by atoms with Gasteiger partial charge in [-0.15, -0.1) is 0 Å². The first-order valence-corrected chi connectivity index (χ1v) is 7.20. The molecule has 4 heteroatoms. The number of aryl methyl sites for hydroxylation is 1. The highest BCUT2D eigenvalue weighted by Crippen LogP contribution is 2.27. The van der Waals surface area contributed by atoms with Crippen molar-refractivity contribution in [2.45, 2.75) is 20.5 Å². The number of hydrogen-bond donors (Lipinski definition) is 0. The number of aromatic nitrogens is 1. The Bertz CT molecular complexity index is 612. The van der Waals surface area contributed by atoms with Gasteiger partial charge in [0.2, 0.25) is 0 Å². The number of ether oxygens (including phenoxy) is 2. The van der Waals surface area contributed by atoms with Crippen molar-refractivity contribution in [3.63, 3.8) is 0 Å². The molecule has 2 aromatic rings. The maximum absolute atomic E-state index is 6.02. The second-order valence-electron chi connectivity index (χ2n) is 4.47. The fourth-order valence-electron chi connectivity index (χ4n) is 1.89. The van der Waals surface area contributed by atoms with Crippen molar-refractivity contribution < 1.29 is 9.47 Å². The zero-order chi connectivity index (χ0) is 15.1. The fourth-order valence-corrected chi connectivity index (χ4v) is 2.11. The summed E-state index contributed by atoms with van der Waals surface area (Å²) in [7, 11) is 0. The van der Waals surface area contributed by atoms with Crippen LogP contribution in [0, 0.1) is 6.92 Å². The van der Waals surface area contributed by atoms with Crippen LogP contribution in [0.2, 0.25) is 5.15 Å². The average molecular weight is 304 g/mol. The third-order valence-electron chi connectivity index (χ3n) is 2.91. The number of halogens is 1. The van der Waals surface area contributed by atoms with E-state index < -0.39 is 0 Å². The molecule has 110 valence electrons. The Morgan fingerprint density at radius 3 is 2.71 bits per heavy atom. The minimum Gasteiger partial charge on any atom is -0.501 e. The average Bonchev–Trinajstić information content (AvgIpc) is 2.48. The van der Waals surface area contributed by atoms with Crippen LogP contribution in [-0.2, 0) is 11.3 Å². The van der Waals surface area contributed by atoms with Gasteiger partial charge in [0.15, 0.2) is 0 Å². The number of rotatable bonds is 6. The van der Waals surface area contributed by atoms with Gasteiger partial charge in [-0.25, -0.2) is 4.98 Å². The summed E-state index contributed by atoms with van der Waals surface area (Å²) in [6.07, 6.45) is 3.50. The first-order valence-electron chi connectivity index (χ1n) is 6.82. The van der Waals surface area contributed by atoms with Gasteiger partial charge in [0.1, 0.15) is 17.5 Å². The Labute approximate surface area is 130 Å². The second-order valence-corrected chi connectivity index (χ2v) is 4.86. The molecule has 0 bridgehead atoms. The molecule has 21 heavy (non-hydrogen) atoms. The van der Waals surface area contributed by atoms with Gasteiger partial charge in [-0.2, -0.15) is 0 Å². The summed E-state index contributed by atoms with van der Waals surface area (Å²) in [5.74, 6) is 0.701. The van der Waals surface area contributed by atoms with Crippen molar-refractivity contribution >= 4 is 17.7 Å². The van der Waals surface area contributed by atoms with E-state index in [1.165, 1.54) is 0 Å². The van der Waals surface area contributed by atoms with Crippen LogP contribution in [0.25, 0.3) is 6.08 Å². The Kier molecular flexibility index (Phi) is 5.64. The lowest BCUT2D eigenvalue weighted by Crippen LogP contribution is -1.99. The van der Waals surface area contributed by atoms with E-state index in [9.17, 15) is 0 Å². The molecule has 0 spiro atoms. The van der Waals surface area contributed by atoms with Crippen LogP contribution >= 0.6 is 11.6 Å². The van der Waals surface area contributed by atoms with Crippen LogP contribution < -0.4 is 4.74 Å². The first-order chi connectivity index (χ1) is 10.2. The predicted octanol–water partition coefficient (Wildman–Crippen LogP) is 4.63. The summed E-state index contributed by atoms with van der Waals surface area (Å²) in [6.45, 7) is 4.93. The third kappa shape index (κ3) is 4.50. The smallest absolute Gasteiger partial charge is 0.133 e. The molecule has 0 N–H and O–H groups in total. The molecular weight excluding hydrogens is 286 g/mol. The largest absolute Gasteiger partial charge is 0.501 e. The molecule has 0 aliphatic rings. The minimum absolute atomic E-state index is 0.420. The quantitative estimate of drug-likeness (QED) is 0.576. The zero-order valence-corrected chi connectivity index (χ0v) is 12.9. The van der Waals surface area contributed by atoms with Crippen LogP contribution in [0.5, 0.6) is 5.75 Å². The van der Waals surface area contributed by atoms with Crippen molar-refractivity contribution in [3.05, 3.63) is 64.6 Å². The molecular formula is C17H18ClNO2. The number of pyridine rings is 1. The van der Waals surface area contributed by atoms with Crippen LogP contribution in [0.15, 0.2) is 42.7 Å². The Hall–Kier alpha value is -2.00. The molecule has 2 rings (SSSR count). The highest BCUT2D eigenvalue weighted by Gasteiger charge is 2.08. The van der Waals surface area contributed by atoms with Gasteiger partial charge < -0.3 is 9.47 Å². The van der Waals surface area contributed by atoms with E-state index in [1.807, 2.05) is 50.3 Å². The molecule has 0 unspecified atom stereocenters. The second kappa shape index (κ2) is 7.70. The van der Waals surface area contributed by atoms with E-state index in [1.54, 1.807) is 12.3 Å². The van der Waals surface area contributed by atoms with Crippen LogP contribution in [0.3, 0.4) is 0 Å². The van der Waals surface area contributed by atoms with Gasteiger partial charge in [0.05, 0.1) is 18.6 Å². The Morgan fingerprint density at radius 1 is 1.24 bits per heavy atom. The van der Waals surface area contributed by atoms with Crippen molar-refractivity contribution in [3.8, 4) is 5.75 Å². The number of hydrogen-bond acceptors (Lipinski definition) is 3. The highest BCUT2D eigenvalue weighted by atomic mass is 35.5. The summed E-state index contributed by atoms with van der Waals surface area (Å²) in [5, 5.41) is 0.420. The van der Waals surface area contributed by atoms with Crippen molar-refractivity contribution in [1.82, 2.24) is 4.98 Å². The maximum Gasteiger partial charge on any atom is 0.133 e. The molecule has 0 radical (unpaired) electrons. The summed E-state index contributed by atoms with van der Waals surface area (Å²) < 4.78 is 11.1. The lowest BCUT2D eigenvalue weighted by Gasteiger charge is -2.12. The normalized spacial score (nSPS) is 10.8. The highest BCUT2D eigenvalue weighted by molar-refractivity contribution is 6.29. The van der Waals surface area contributed by atoms with E-state index in [-0.39, 0.29) is 0 Å². The third-order valence-corrected chi connectivity index (χ3v) is 3.11. The number of nitrogens with zero attached hydrogens (tertiary/aromatic N) is 1. The molecule has 0 amide bonds. The first kappa shape index (κ1) is 15.4. The lowest BCUT2D eigenvalue weighted by atomic mass is 10.2. The SMILES string of the molecule is CCO/C=C/c1c(OCc2ccccc2)cc(Cl)nc1C. The molecule has 1 aromatic heterocycles. The van der Waals surface area contributed by atoms with Gasteiger partial charge in [-0.05, 0) is 25.5 Å². The Morgan fingerprint density at radius 2 is 2.00 bits per heavy atom. The predicted molar refractivity (Wildman–Crippen MR) is 85.4 cm³/mol. The van der Waals surface area contributed by atoms with E-state index in [2.05, 4.69) is 4.98 Å². The standard InChI is InChI=1S/C17H18ClNO2/c1-3-20-10-9-15-13(2)19-17(18)11-16(15)21-12-14-7-5-4-6-8-14/h4-11H,3,12H2,1-2H3/b10-9+. The van der Waals surface area contributed by atoms with Gasteiger partial charge in [-0.1, -0.05) is 41.9 Å². The Balaban J connectivity index is 2.20. The molecule has 0 aliphatic carbocycles. The molecule has 0 atom stereocenters. The fraction of sp³-hybridized carbons (Fsp3) is 0.235. The van der Waals surface area contributed by atoms with Crippen LogP contribution in [0.1, 0.15) is 23.7 Å². The van der Waals surface area contributed by atoms with Gasteiger partial charge in [0, 0.05) is 11.6 Å². The topological polar surface area (TPSA) is 31.4 Å². The number of benzene rings is 1. The molecule has 0 saturated heterocycles. The van der Waals surface area contributed by atoms with Crippen molar-refractivity contribution in [2.75, 3.05) is 6.61 Å². The maximum atomic E-state index is 6.02. The summed E-state index contributed by atoms with van der Waals surface area (Å²) in [4.78, 5) is 4.25. The van der Waals surface area contributed by atoms with E-state index in [0.29, 0.717) is 24.1 Å². The van der Waals surface area contributed by atoms with E-state index >= 15 is 0 Å².